The number of allylic oxidation sites excluding steroid dienone is 2. The number of hydrogen-bond donors (Lipinski definition) is 23. The Balaban J connectivity index is 0.696. The van der Waals surface area contributed by atoms with E-state index in [-0.39, 0.29) is 29.8 Å². The summed E-state index contributed by atoms with van der Waals surface area (Å²) in [7, 11) is 0. The van der Waals surface area contributed by atoms with Gasteiger partial charge in [-0.2, -0.15) is 0 Å². The number of aliphatic hydroxyl groups is 23. The van der Waals surface area contributed by atoms with Crippen molar-refractivity contribution in [2.24, 2.45) is 50.2 Å². The van der Waals surface area contributed by atoms with Gasteiger partial charge in [0.1, 0.15) is 171 Å². The van der Waals surface area contributed by atoms with Gasteiger partial charge in [-0.05, 0) is 117 Å². The first-order valence-electron chi connectivity index (χ1n) is 40.6. The molecule has 0 bridgehead atoms. The highest BCUT2D eigenvalue weighted by Gasteiger charge is 2.71. The fourth-order valence-corrected chi connectivity index (χ4v) is 21.7. The van der Waals surface area contributed by atoms with E-state index in [2.05, 4.69) is 40.7 Å². The maximum absolute atomic E-state index is 15.3. The zero-order chi connectivity index (χ0) is 84.4. The van der Waals surface area contributed by atoms with Gasteiger partial charge in [0.25, 0.3) is 0 Å². The monoisotopic (exact) mass is 1680 g/mol. The lowest BCUT2D eigenvalue weighted by molar-refractivity contribution is -0.406. The van der Waals surface area contributed by atoms with Crippen LogP contribution in [0.25, 0.3) is 0 Å². The molecule has 12 fully saturated rings. The lowest BCUT2D eigenvalue weighted by Crippen LogP contribution is -2.69. The van der Waals surface area contributed by atoms with Gasteiger partial charge in [0, 0.05) is 5.41 Å². The van der Waals surface area contributed by atoms with Crippen LogP contribution in [0.2, 0.25) is 0 Å². The van der Waals surface area contributed by atoms with Gasteiger partial charge in [-0.1, -0.05) is 53.2 Å². The Hall–Kier alpha value is -2.31. The second kappa shape index (κ2) is 35.3. The number of aliphatic hydroxyl groups excluding tert-OH is 23. The van der Waals surface area contributed by atoms with Crippen LogP contribution < -0.4 is 0 Å². The Morgan fingerprint density at radius 1 is 0.414 bits per heavy atom. The highest BCUT2D eigenvalue weighted by Crippen LogP contribution is 2.76. The molecule has 0 radical (unpaired) electrons. The van der Waals surface area contributed by atoms with Crippen LogP contribution in [-0.4, -0.2) is 409 Å². The third-order valence-corrected chi connectivity index (χ3v) is 29.1. The average molecular weight is 1680 g/mol. The van der Waals surface area contributed by atoms with E-state index in [1.165, 1.54) is 13.8 Å². The number of fused-ring (bicyclic) bond motifs is 7. The van der Waals surface area contributed by atoms with Crippen LogP contribution in [0, 0.1) is 50.2 Å². The molecular weight excluding hydrogens is 1550 g/mol. The first-order valence-corrected chi connectivity index (χ1v) is 40.6. The lowest BCUT2D eigenvalue weighted by atomic mass is 9.33. The number of esters is 1. The van der Waals surface area contributed by atoms with E-state index in [0.29, 0.717) is 64.2 Å². The fraction of sp³-hybridized carbons (Fsp3) is 0.961. The lowest BCUT2D eigenvalue weighted by Gasteiger charge is -2.71. The molecule has 0 amide bonds. The molecule has 47 atom stereocenters. The molecule has 13 rings (SSSR count). The summed E-state index contributed by atoms with van der Waals surface area (Å²) < 4.78 is 95.9. The predicted octanol–water partition coefficient (Wildman–Crippen LogP) is -8.43. The van der Waals surface area contributed by atoms with E-state index in [4.69, 9.17) is 75.8 Å². The largest absolute Gasteiger partial charge is 0.432 e. The Labute approximate surface area is 669 Å². The van der Waals surface area contributed by atoms with Crippen LogP contribution in [-0.2, 0) is 80.6 Å². The smallest absolute Gasteiger partial charge is 0.315 e. The third kappa shape index (κ3) is 16.2. The molecule has 668 valence electrons. The molecule has 0 unspecified atom stereocenters. The molecule has 8 heterocycles. The number of carbonyl (C=O) groups excluding carboxylic acids is 1. The highest BCUT2D eigenvalue weighted by molar-refractivity contribution is 5.79. The van der Waals surface area contributed by atoms with E-state index in [1.54, 1.807) is 0 Å². The van der Waals surface area contributed by atoms with Crippen molar-refractivity contribution in [3.8, 4) is 0 Å². The maximum atomic E-state index is 15.3. The second-order valence-electron chi connectivity index (χ2n) is 36.5. The van der Waals surface area contributed by atoms with Gasteiger partial charge in [-0.15, -0.1) is 0 Å². The normalized spacial score (nSPS) is 55.1. The van der Waals surface area contributed by atoms with Gasteiger partial charge in [0.15, 0.2) is 44.0 Å². The Bertz CT molecular complexity index is 3310. The molecule has 5 aliphatic carbocycles. The number of hydrogen-bond acceptors (Lipinski definition) is 40. The topological polar surface area (TPSA) is 630 Å². The number of carbonyl (C=O) groups is 1. The van der Waals surface area contributed by atoms with E-state index in [1.807, 2.05) is 6.92 Å². The summed E-state index contributed by atoms with van der Waals surface area (Å²) in [6.07, 6.45) is -61.5. The number of rotatable bonds is 21. The molecule has 0 aromatic heterocycles. The molecule has 0 spiro atoms. The van der Waals surface area contributed by atoms with Crippen molar-refractivity contribution in [1.82, 2.24) is 0 Å². The van der Waals surface area contributed by atoms with Crippen molar-refractivity contribution in [2.45, 2.75) is 359 Å². The van der Waals surface area contributed by atoms with E-state index >= 15 is 4.79 Å². The van der Waals surface area contributed by atoms with Gasteiger partial charge < -0.3 is 193 Å². The van der Waals surface area contributed by atoms with Crippen LogP contribution in [0.5, 0.6) is 0 Å². The summed E-state index contributed by atoms with van der Waals surface area (Å²) in [6, 6.07) is 0. The Morgan fingerprint density at radius 2 is 0.905 bits per heavy atom. The molecule has 0 aromatic rings. The minimum atomic E-state index is -2.25. The molecule has 116 heavy (non-hydrogen) atoms. The molecule has 4 saturated carbocycles. The zero-order valence-corrected chi connectivity index (χ0v) is 66.1. The highest BCUT2D eigenvalue weighted by atomic mass is 16.8. The summed E-state index contributed by atoms with van der Waals surface area (Å²) in [5.41, 5.74) is -2.62. The van der Waals surface area contributed by atoms with Gasteiger partial charge in [-0.25, -0.2) is 0 Å². The Kier molecular flexibility index (Phi) is 27.8. The first-order chi connectivity index (χ1) is 54.6. The maximum Gasteiger partial charge on any atom is 0.315 e. The van der Waals surface area contributed by atoms with Crippen molar-refractivity contribution in [2.75, 3.05) is 46.2 Å². The molecule has 0 aromatic carbocycles. The SMILES string of the molecule is C[C@@H]1O[C@@H](O[C@@H]2[C@@H](O)[C@H](O[C@@H]3[C@@H](O)[C@H](C)O[C@@H](O[C@H]4[C@H](O[C@@H]5CC[C@]6(C)[C@H](CC[C@]7(C)[C@@H]6CC=C6[C@H]8CC(C)(C)CC[C@]8(C(=O)O[C@@H]8O[C@H](CO[C@@H]9O[C@H](CO)[C@@H](O)[C@H](O)[C@H]9O)[C@@H](O)[C@H](O)[C@H]8O)CC[C@]67C)[C@]5(C)CO)OC[C@H](O)[C@@H]4O)[C@@H]3O)O[C@H](CO)[C@@H]2O[C@@H]2O[C@H](CO)[C@@H](O[C@@H]3OC[C@@H](O)[C@H](O)[C@H]3O)[C@H](O)[C@H]2O)[C@H](O)[C@H](O)[C@H]1O. The summed E-state index contributed by atoms with van der Waals surface area (Å²) in [4.78, 5) is 15.3. The standard InChI is InChI=1S/C76H124O40/c1-27-40(83)46(89)52(95)64(104-27)114-60-56(99)68(108-35(22-79)58(60)112-65-54(97)49(92)57(34(21-78)107-65)111-63-50(93)42(85)31(81)23-101-63)113-59-41(84)28(2)105-67(55(59)98)115-61-43(86)32(82)24-102-69(61)110-39-12-13-72(5)37(73(39,6)26-80)11-14-75(8)38(72)10-9-29-30-19-71(3,4)15-17-76(30,18-16-74(29,75)7)70(100)116-66-53(96)48(91)45(88)36(109-66)25-103-62-51(94)47(90)44(87)33(20-77)106-62/h9,27-28,30-69,77-99H,10-26H2,1-8H3/t27-,28-,30+,31+,32-,33+,34+,35+,36+,37-,38+,39+,40-,41-,42-,43-,44+,45+,46+,47-,48-,49+,50+,51+,52+,53+,54+,55+,56+,57+,58-,59+,60+,61+,62+,63-,64-,65-,66-,67-,68-,69-,72+,73-,74+,75+,76-/m0/s1. The summed E-state index contributed by atoms with van der Waals surface area (Å²) in [5, 5.41) is 254. The van der Waals surface area contributed by atoms with Gasteiger partial charge in [0.2, 0.25) is 6.29 Å². The van der Waals surface area contributed by atoms with E-state index in [0.717, 1.165) is 5.57 Å². The van der Waals surface area contributed by atoms with Gasteiger partial charge >= 0.3 is 5.97 Å². The van der Waals surface area contributed by atoms with Crippen LogP contribution in [0.3, 0.4) is 0 Å². The summed E-state index contributed by atoms with van der Waals surface area (Å²) >= 11 is 0. The van der Waals surface area contributed by atoms with Gasteiger partial charge in [-0.3, -0.25) is 4.79 Å². The third-order valence-electron chi connectivity index (χ3n) is 29.1. The van der Waals surface area contributed by atoms with Crippen molar-refractivity contribution in [3.05, 3.63) is 11.6 Å². The molecule has 40 nitrogen and oxygen atoms in total. The molecular formula is C76H124O40. The summed E-state index contributed by atoms with van der Waals surface area (Å²) in [6.45, 7) is 11.0. The summed E-state index contributed by atoms with van der Waals surface area (Å²) in [5.74, 6) is -1.22. The van der Waals surface area contributed by atoms with Crippen molar-refractivity contribution in [3.63, 3.8) is 0 Å². The van der Waals surface area contributed by atoms with Crippen molar-refractivity contribution in [1.29, 1.82) is 0 Å². The quantitative estimate of drug-likeness (QED) is 0.0288. The van der Waals surface area contributed by atoms with E-state index in [9.17, 15) is 117 Å². The number of ether oxygens (including phenoxy) is 16. The minimum Gasteiger partial charge on any atom is -0.432 e. The van der Waals surface area contributed by atoms with Gasteiger partial charge in [0.05, 0.1) is 70.0 Å². The predicted molar refractivity (Wildman–Crippen MR) is 380 cm³/mol. The van der Waals surface area contributed by atoms with Crippen LogP contribution in [0.1, 0.15) is 120 Å². The molecule has 13 aliphatic rings. The molecule has 8 aliphatic heterocycles. The fourth-order valence-electron chi connectivity index (χ4n) is 21.7. The first kappa shape index (κ1) is 91.4. The van der Waals surface area contributed by atoms with Crippen LogP contribution in [0.4, 0.5) is 0 Å². The van der Waals surface area contributed by atoms with Crippen molar-refractivity contribution < 1.29 is 198 Å². The zero-order valence-electron chi connectivity index (χ0n) is 66.1. The molecule has 8 saturated heterocycles. The van der Waals surface area contributed by atoms with Crippen molar-refractivity contribution >= 4 is 5.97 Å². The van der Waals surface area contributed by atoms with Crippen LogP contribution in [0.15, 0.2) is 11.6 Å². The minimum absolute atomic E-state index is 0.00362. The molecule has 40 heteroatoms. The van der Waals surface area contributed by atoms with Crippen LogP contribution >= 0.6 is 0 Å². The second-order valence-corrected chi connectivity index (χ2v) is 36.5. The average Bonchev–Trinajstić information content (AvgIpc) is 0.673. The Morgan fingerprint density at radius 3 is 1.56 bits per heavy atom. The van der Waals surface area contributed by atoms with E-state index < -0.39 is 312 Å². The molecule has 23 N–H and O–H groups in total.